The molecule has 0 atom stereocenters. The molecule has 110 valence electrons. The first-order chi connectivity index (χ1) is 10.4. The molecule has 0 aliphatic carbocycles. The van der Waals surface area contributed by atoms with E-state index in [1.54, 1.807) is 7.11 Å². The molecule has 21 heavy (non-hydrogen) atoms. The summed E-state index contributed by atoms with van der Waals surface area (Å²) in [7, 11) is 1.71. The number of piperidine rings is 1. The molecule has 2 nitrogen and oxygen atoms in total. The third-order valence-electron chi connectivity index (χ3n) is 4.39. The highest BCUT2D eigenvalue weighted by atomic mass is 16.5. The largest absolute Gasteiger partial charge is 0.497 e. The van der Waals surface area contributed by atoms with Crippen LogP contribution in [0.15, 0.2) is 48.5 Å². The highest BCUT2D eigenvalue weighted by Gasteiger charge is 2.15. The molecule has 1 fully saturated rings. The van der Waals surface area contributed by atoms with Crippen molar-refractivity contribution in [3.8, 4) is 16.9 Å². The number of hydrogen-bond acceptors (Lipinski definition) is 2. The summed E-state index contributed by atoms with van der Waals surface area (Å²) < 4.78 is 5.25. The minimum absolute atomic E-state index is 0.811. The van der Waals surface area contributed by atoms with Crippen LogP contribution in [-0.2, 0) is 6.42 Å². The van der Waals surface area contributed by atoms with Gasteiger partial charge >= 0.3 is 0 Å². The van der Waals surface area contributed by atoms with E-state index in [0.29, 0.717) is 0 Å². The Kier molecular flexibility index (Phi) is 4.56. The van der Waals surface area contributed by atoms with E-state index in [1.165, 1.54) is 36.0 Å². The van der Waals surface area contributed by atoms with Gasteiger partial charge in [0.2, 0.25) is 0 Å². The number of rotatable bonds is 4. The van der Waals surface area contributed by atoms with Gasteiger partial charge in [-0.2, -0.15) is 0 Å². The average molecular weight is 281 g/mol. The predicted molar refractivity (Wildman–Crippen MR) is 87.7 cm³/mol. The normalized spacial score (nSPS) is 15.9. The molecule has 0 saturated carbocycles. The Morgan fingerprint density at radius 1 is 1.00 bits per heavy atom. The number of nitrogens with one attached hydrogen (secondary N) is 1. The van der Waals surface area contributed by atoms with Crippen LogP contribution in [0.1, 0.15) is 18.4 Å². The molecular formula is C19H23NO. The maximum Gasteiger partial charge on any atom is 0.118 e. The lowest BCUT2D eigenvalue weighted by atomic mass is 9.87. The van der Waals surface area contributed by atoms with Crippen LogP contribution in [-0.4, -0.2) is 20.2 Å². The number of methoxy groups -OCH3 is 1. The Labute approximate surface area is 127 Å². The molecule has 2 heteroatoms. The van der Waals surface area contributed by atoms with Crippen LogP contribution in [0.25, 0.3) is 11.1 Å². The fourth-order valence-electron chi connectivity index (χ4n) is 3.15. The topological polar surface area (TPSA) is 21.3 Å². The van der Waals surface area contributed by atoms with Crippen LogP contribution in [0, 0.1) is 5.92 Å². The second-order valence-electron chi connectivity index (χ2n) is 5.78. The van der Waals surface area contributed by atoms with Crippen LogP contribution >= 0.6 is 0 Å². The number of benzene rings is 2. The quantitative estimate of drug-likeness (QED) is 0.917. The SMILES string of the molecule is COc1ccc(-c2ccccc2CC2CCNCC2)cc1. The third-order valence-corrected chi connectivity index (χ3v) is 4.39. The Hall–Kier alpha value is -1.80. The second kappa shape index (κ2) is 6.77. The average Bonchev–Trinajstić information content (AvgIpc) is 2.56. The smallest absolute Gasteiger partial charge is 0.118 e. The molecule has 0 spiro atoms. The number of ether oxygens (including phenoxy) is 1. The Morgan fingerprint density at radius 3 is 2.43 bits per heavy atom. The summed E-state index contributed by atoms with van der Waals surface area (Å²) >= 11 is 0. The van der Waals surface area contributed by atoms with Crippen LogP contribution in [0.2, 0.25) is 0 Å². The van der Waals surface area contributed by atoms with Crippen LogP contribution in [0.4, 0.5) is 0 Å². The first kappa shape index (κ1) is 14.2. The molecule has 0 unspecified atom stereocenters. The Bertz CT molecular complexity index is 570. The molecule has 1 aliphatic rings. The summed E-state index contributed by atoms with van der Waals surface area (Å²) in [6, 6.07) is 17.2. The zero-order valence-corrected chi connectivity index (χ0v) is 12.6. The van der Waals surface area contributed by atoms with Gasteiger partial charge in [-0.3, -0.25) is 0 Å². The molecule has 0 amide bonds. The first-order valence-electron chi connectivity index (χ1n) is 7.80. The van der Waals surface area contributed by atoms with E-state index in [4.69, 9.17) is 4.74 Å². The monoisotopic (exact) mass is 281 g/mol. The van der Waals surface area contributed by atoms with Crippen molar-refractivity contribution in [2.75, 3.05) is 20.2 Å². The van der Waals surface area contributed by atoms with Crippen molar-refractivity contribution in [3.63, 3.8) is 0 Å². The van der Waals surface area contributed by atoms with Gasteiger partial charge < -0.3 is 10.1 Å². The van der Waals surface area contributed by atoms with E-state index in [9.17, 15) is 0 Å². The Balaban J connectivity index is 1.83. The maximum absolute atomic E-state index is 5.25. The van der Waals surface area contributed by atoms with Crippen LogP contribution in [0.5, 0.6) is 5.75 Å². The minimum atomic E-state index is 0.811. The van der Waals surface area contributed by atoms with Crippen LogP contribution in [0.3, 0.4) is 0 Å². The summed E-state index contributed by atoms with van der Waals surface area (Å²) in [5, 5.41) is 3.45. The van der Waals surface area contributed by atoms with E-state index >= 15 is 0 Å². The van der Waals surface area contributed by atoms with Gasteiger partial charge in [0, 0.05) is 0 Å². The minimum Gasteiger partial charge on any atom is -0.497 e. The van der Waals surface area contributed by atoms with Crippen molar-refractivity contribution in [1.82, 2.24) is 5.32 Å². The van der Waals surface area contributed by atoms with Gasteiger partial charge in [0.25, 0.3) is 0 Å². The van der Waals surface area contributed by atoms with Gasteiger partial charge in [-0.25, -0.2) is 0 Å². The molecule has 0 radical (unpaired) electrons. The summed E-state index contributed by atoms with van der Waals surface area (Å²) in [5.74, 6) is 1.72. The fraction of sp³-hybridized carbons (Fsp3) is 0.368. The van der Waals surface area contributed by atoms with Crippen molar-refractivity contribution in [3.05, 3.63) is 54.1 Å². The summed E-state index contributed by atoms with van der Waals surface area (Å²) in [6.45, 7) is 2.32. The van der Waals surface area contributed by atoms with Gasteiger partial charge in [-0.15, -0.1) is 0 Å². The van der Waals surface area contributed by atoms with Crippen molar-refractivity contribution in [1.29, 1.82) is 0 Å². The first-order valence-corrected chi connectivity index (χ1v) is 7.80. The second-order valence-corrected chi connectivity index (χ2v) is 5.78. The lowest BCUT2D eigenvalue weighted by Gasteiger charge is -2.23. The molecule has 2 aromatic carbocycles. The van der Waals surface area contributed by atoms with E-state index in [-0.39, 0.29) is 0 Å². The maximum atomic E-state index is 5.25. The van der Waals surface area contributed by atoms with Crippen molar-refractivity contribution >= 4 is 0 Å². The van der Waals surface area contributed by atoms with Crippen molar-refractivity contribution in [2.45, 2.75) is 19.3 Å². The molecular weight excluding hydrogens is 258 g/mol. The van der Waals surface area contributed by atoms with Gasteiger partial charge in [-0.05, 0) is 67.1 Å². The van der Waals surface area contributed by atoms with Crippen molar-refractivity contribution < 1.29 is 4.74 Å². The van der Waals surface area contributed by atoms with E-state index in [0.717, 1.165) is 24.8 Å². The van der Waals surface area contributed by atoms with E-state index in [1.807, 2.05) is 12.1 Å². The molecule has 1 aliphatic heterocycles. The van der Waals surface area contributed by atoms with Gasteiger partial charge in [-0.1, -0.05) is 36.4 Å². The standard InChI is InChI=1S/C19H23NO/c1-21-18-8-6-16(7-9-18)19-5-3-2-4-17(19)14-15-10-12-20-13-11-15/h2-9,15,20H,10-14H2,1H3. The molecule has 3 rings (SSSR count). The summed E-state index contributed by atoms with van der Waals surface area (Å²) in [6.07, 6.45) is 3.76. The highest BCUT2D eigenvalue weighted by Crippen LogP contribution is 2.29. The van der Waals surface area contributed by atoms with Gasteiger partial charge in [0.1, 0.15) is 5.75 Å². The summed E-state index contributed by atoms with van der Waals surface area (Å²) in [4.78, 5) is 0. The highest BCUT2D eigenvalue weighted by molar-refractivity contribution is 5.68. The zero-order valence-electron chi connectivity index (χ0n) is 12.6. The molecule has 2 aromatic rings. The molecule has 1 saturated heterocycles. The molecule has 1 heterocycles. The molecule has 0 aromatic heterocycles. The fourth-order valence-corrected chi connectivity index (χ4v) is 3.15. The number of hydrogen-bond donors (Lipinski definition) is 1. The Morgan fingerprint density at radius 2 is 1.71 bits per heavy atom. The van der Waals surface area contributed by atoms with E-state index in [2.05, 4.69) is 41.7 Å². The third kappa shape index (κ3) is 3.45. The van der Waals surface area contributed by atoms with Crippen LogP contribution < -0.4 is 10.1 Å². The molecule has 0 bridgehead atoms. The van der Waals surface area contributed by atoms with Gasteiger partial charge in [0.05, 0.1) is 7.11 Å². The predicted octanol–water partition coefficient (Wildman–Crippen LogP) is 3.90. The van der Waals surface area contributed by atoms with E-state index < -0.39 is 0 Å². The zero-order chi connectivity index (χ0) is 14.5. The molecule has 1 N–H and O–H groups in total. The lowest BCUT2D eigenvalue weighted by Crippen LogP contribution is -2.28. The van der Waals surface area contributed by atoms with Gasteiger partial charge in [0.15, 0.2) is 0 Å². The lowest BCUT2D eigenvalue weighted by molar-refractivity contribution is 0.373. The summed E-state index contributed by atoms with van der Waals surface area (Å²) in [5.41, 5.74) is 4.11. The van der Waals surface area contributed by atoms with Crippen molar-refractivity contribution in [2.24, 2.45) is 5.92 Å².